The number of hydrogen-bond acceptors (Lipinski definition) is 3. The molecule has 0 unspecified atom stereocenters. The van der Waals surface area contributed by atoms with Crippen LogP contribution in [0.25, 0.3) is 0 Å². The molecule has 2 N–H and O–H groups in total. The first-order valence-corrected chi connectivity index (χ1v) is 8.64. The number of aliphatic imine (C=N–C) groups is 1. The Hall–Kier alpha value is -1.01. The van der Waals surface area contributed by atoms with Crippen LogP contribution in [0.2, 0.25) is 0 Å². The van der Waals surface area contributed by atoms with E-state index in [0.717, 1.165) is 48.9 Å². The van der Waals surface area contributed by atoms with Gasteiger partial charge in [0, 0.05) is 40.3 Å². The van der Waals surface area contributed by atoms with Crippen LogP contribution in [-0.4, -0.2) is 39.8 Å². The van der Waals surface area contributed by atoms with E-state index in [9.17, 15) is 0 Å². The lowest BCUT2D eigenvalue weighted by Crippen LogP contribution is -2.47. The predicted octanol–water partition coefficient (Wildman–Crippen LogP) is 2.96. The van der Waals surface area contributed by atoms with Crippen molar-refractivity contribution < 1.29 is 9.15 Å². The average molecular weight is 372 g/mol. The van der Waals surface area contributed by atoms with E-state index in [-0.39, 0.29) is 0 Å². The van der Waals surface area contributed by atoms with Crippen LogP contribution >= 0.6 is 15.9 Å². The number of nitrogens with one attached hydrogen (secondary N) is 2. The second-order valence-corrected chi connectivity index (χ2v) is 6.69. The second-order valence-electron chi connectivity index (χ2n) is 5.90. The quantitative estimate of drug-likeness (QED) is 0.544. The second kappa shape index (κ2) is 8.58. The fraction of sp³-hybridized carbons (Fsp3) is 0.688. The third-order valence-electron chi connectivity index (χ3n) is 4.40. The van der Waals surface area contributed by atoms with E-state index in [1.54, 1.807) is 14.2 Å². The van der Waals surface area contributed by atoms with Crippen molar-refractivity contribution in [2.24, 2.45) is 10.4 Å². The molecule has 1 saturated carbocycles. The first kappa shape index (κ1) is 17.3. The van der Waals surface area contributed by atoms with Gasteiger partial charge in [-0.15, -0.1) is 0 Å². The normalized spacial score (nSPS) is 17.1. The van der Waals surface area contributed by atoms with E-state index < -0.39 is 0 Å². The zero-order chi connectivity index (χ0) is 15.8. The van der Waals surface area contributed by atoms with Crippen LogP contribution < -0.4 is 10.6 Å². The monoisotopic (exact) mass is 371 g/mol. The number of halogens is 1. The van der Waals surface area contributed by atoms with Crippen LogP contribution in [-0.2, 0) is 11.2 Å². The Labute approximate surface area is 141 Å². The highest BCUT2D eigenvalue weighted by Gasteiger charge is 2.36. The van der Waals surface area contributed by atoms with Crippen molar-refractivity contribution in [1.29, 1.82) is 0 Å². The van der Waals surface area contributed by atoms with Gasteiger partial charge in [-0.2, -0.15) is 0 Å². The van der Waals surface area contributed by atoms with Gasteiger partial charge in [-0.3, -0.25) is 4.99 Å². The largest absolute Gasteiger partial charge is 0.454 e. The van der Waals surface area contributed by atoms with Crippen molar-refractivity contribution in [2.75, 3.05) is 33.9 Å². The summed E-state index contributed by atoms with van der Waals surface area (Å²) in [5.41, 5.74) is 0.388. The van der Waals surface area contributed by atoms with E-state index in [0.29, 0.717) is 5.41 Å². The predicted molar refractivity (Wildman–Crippen MR) is 92.3 cm³/mol. The SMILES string of the molecule is CN=C(NCCc1ccc(Br)o1)NCC1(CCOC)CCC1. The molecule has 0 amide bonds. The molecule has 22 heavy (non-hydrogen) atoms. The summed E-state index contributed by atoms with van der Waals surface area (Å²) in [4.78, 5) is 4.29. The van der Waals surface area contributed by atoms with Gasteiger partial charge in [0.1, 0.15) is 5.76 Å². The molecule has 1 aliphatic rings. The number of guanidine groups is 1. The van der Waals surface area contributed by atoms with Crippen molar-refractivity contribution in [2.45, 2.75) is 32.1 Å². The summed E-state index contributed by atoms with van der Waals surface area (Å²) in [5, 5.41) is 6.79. The highest BCUT2D eigenvalue weighted by Crippen LogP contribution is 2.43. The van der Waals surface area contributed by atoms with E-state index in [2.05, 4.69) is 31.6 Å². The zero-order valence-corrected chi connectivity index (χ0v) is 15.0. The van der Waals surface area contributed by atoms with Crippen molar-refractivity contribution in [3.63, 3.8) is 0 Å². The number of methoxy groups -OCH3 is 1. The van der Waals surface area contributed by atoms with Crippen molar-refractivity contribution >= 4 is 21.9 Å². The van der Waals surface area contributed by atoms with Gasteiger partial charge in [0.2, 0.25) is 0 Å². The Morgan fingerprint density at radius 3 is 2.77 bits per heavy atom. The van der Waals surface area contributed by atoms with Gasteiger partial charge in [-0.05, 0) is 52.7 Å². The molecular formula is C16H26BrN3O2. The molecule has 0 saturated heterocycles. The van der Waals surface area contributed by atoms with Crippen LogP contribution in [0.3, 0.4) is 0 Å². The molecule has 1 aliphatic carbocycles. The number of rotatable bonds is 8. The summed E-state index contributed by atoms with van der Waals surface area (Å²) in [6.45, 7) is 2.59. The molecule has 0 aliphatic heterocycles. The summed E-state index contributed by atoms with van der Waals surface area (Å²) in [5.74, 6) is 1.82. The molecule has 0 atom stereocenters. The van der Waals surface area contributed by atoms with Gasteiger partial charge in [-0.25, -0.2) is 0 Å². The number of furan rings is 1. The van der Waals surface area contributed by atoms with Crippen LogP contribution in [0, 0.1) is 5.41 Å². The lowest BCUT2D eigenvalue weighted by atomic mass is 9.67. The third kappa shape index (κ3) is 5.02. The highest BCUT2D eigenvalue weighted by molar-refractivity contribution is 9.10. The number of ether oxygens (including phenoxy) is 1. The molecule has 1 aromatic rings. The summed E-state index contributed by atoms with van der Waals surface area (Å²) in [6, 6.07) is 3.90. The summed E-state index contributed by atoms with van der Waals surface area (Å²) >= 11 is 3.31. The van der Waals surface area contributed by atoms with Gasteiger partial charge >= 0.3 is 0 Å². The molecule has 1 aromatic heterocycles. The Bertz CT molecular complexity index is 483. The van der Waals surface area contributed by atoms with Crippen molar-refractivity contribution in [1.82, 2.24) is 10.6 Å². The van der Waals surface area contributed by atoms with Gasteiger partial charge in [-0.1, -0.05) is 6.42 Å². The molecule has 0 aromatic carbocycles. The van der Waals surface area contributed by atoms with Gasteiger partial charge in [0.25, 0.3) is 0 Å². The topological polar surface area (TPSA) is 58.8 Å². The number of hydrogen-bond donors (Lipinski definition) is 2. The van der Waals surface area contributed by atoms with Gasteiger partial charge < -0.3 is 19.8 Å². The molecule has 1 fully saturated rings. The summed E-state index contributed by atoms with van der Waals surface area (Å²) < 4.78 is 11.5. The van der Waals surface area contributed by atoms with E-state index in [4.69, 9.17) is 9.15 Å². The van der Waals surface area contributed by atoms with Crippen LogP contribution in [0.15, 0.2) is 26.2 Å². The smallest absolute Gasteiger partial charge is 0.191 e. The van der Waals surface area contributed by atoms with Gasteiger partial charge in [0.15, 0.2) is 10.6 Å². The van der Waals surface area contributed by atoms with Crippen molar-refractivity contribution in [3.05, 3.63) is 22.6 Å². The molecule has 0 bridgehead atoms. The Morgan fingerprint density at radius 1 is 1.41 bits per heavy atom. The first-order chi connectivity index (χ1) is 10.7. The maximum atomic E-state index is 5.49. The average Bonchev–Trinajstić information content (AvgIpc) is 2.89. The third-order valence-corrected chi connectivity index (χ3v) is 4.82. The molecule has 5 nitrogen and oxygen atoms in total. The Kier molecular flexibility index (Phi) is 6.76. The molecule has 0 spiro atoms. The molecule has 6 heteroatoms. The Balaban J connectivity index is 1.70. The van der Waals surface area contributed by atoms with E-state index in [1.165, 1.54) is 19.3 Å². The molecule has 2 rings (SSSR count). The van der Waals surface area contributed by atoms with Crippen molar-refractivity contribution in [3.8, 4) is 0 Å². The standard InChI is InChI=1S/C16H26BrN3O2/c1-18-15(19-10-6-13-4-5-14(17)22-13)20-12-16(7-3-8-16)9-11-21-2/h4-5H,3,6-12H2,1-2H3,(H2,18,19,20). The Morgan fingerprint density at radius 2 is 2.23 bits per heavy atom. The lowest BCUT2D eigenvalue weighted by Gasteiger charge is -2.42. The summed E-state index contributed by atoms with van der Waals surface area (Å²) in [6.07, 6.45) is 5.83. The molecule has 124 valence electrons. The fourth-order valence-electron chi connectivity index (χ4n) is 2.79. The molecular weight excluding hydrogens is 346 g/mol. The minimum Gasteiger partial charge on any atom is -0.454 e. The number of nitrogens with zero attached hydrogens (tertiary/aromatic N) is 1. The minimum absolute atomic E-state index is 0.388. The highest BCUT2D eigenvalue weighted by atomic mass is 79.9. The van der Waals surface area contributed by atoms with E-state index in [1.807, 2.05) is 12.1 Å². The van der Waals surface area contributed by atoms with E-state index >= 15 is 0 Å². The molecule has 0 radical (unpaired) electrons. The van der Waals surface area contributed by atoms with Crippen LogP contribution in [0.4, 0.5) is 0 Å². The van der Waals surface area contributed by atoms with Gasteiger partial charge in [0.05, 0.1) is 0 Å². The minimum atomic E-state index is 0.388. The van der Waals surface area contributed by atoms with Crippen LogP contribution in [0.5, 0.6) is 0 Å². The van der Waals surface area contributed by atoms with Crippen LogP contribution in [0.1, 0.15) is 31.4 Å². The first-order valence-electron chi connectivity index (χ1n) is 7.85. The maximum Gasteiger partial charge on any atom is 0.191 e. The zero-order valence-electron chi connectivity index (χ0n) is 13.5. The lowest BCUT2D eigenvalue weighted by molar-refractivity contribution is 0.0732. The summed E-state index contributed by atoms with van der Waals surface area (Å²) in [7, 11) is 3.58. The molecule has 1 heterocycles. The fourth-order valence-corrected chi connectivity index (χ4v) is 3.13. The maximum absolute atomic E-state index is 5.49.